The summed E-state index contributed by atoms with van der Waals surface area (Å²) in [7, 11) is 3.16. The number of carbonyl (C=O) groups is 1. The Hall–Kier alpha value is -1.95. The Bertz CT molecular complexity index is 737. The normalized spacial score (nSPS) is 11.8. The van der Waals surface area contributed by atoms with Crippen LogP contribution < -0.4 is 10.1 Å². The summed E-state index contributed by atoms with van der Waals surface area (Å²) in [5.41, 5.74) is 1.52. The fraction of sp³-hybridized carbons (Fsp3) is 0.235. The standard InChI is InChI=1S/C17H17Cl2NO4/c1-23-9-15(12-8-11(18)4-6-16(12)24-2)20-14-5-3-10(17(21)22)7-13(14)19/h3-8,15,20H,9H2,1-2H3,(H,21,22)/t15-/m0/s1. The van der Waals surface area contributed by atoms with Gasteiger partial charge in [0.25, 0.3) is 0 Å². The van der Waals surface area contributed by atoms with Crippen LogP contribution >= 0.6 is 23.2 Å². The highest BCUT2D eigenvalue weighted by atomic mass is 35.5. The lowest BCUT2D eigenvalue weighted by Crippen LogP contribution is -2.17. The van der Waals surface area contributed by atoms with Gasteiger partial charge in [-0.05, 0) is 36.4 Å². The number of nitrogens with one attached hydrogen (secondary N) is 1. The second-order valence-electron chi connectivity index (χ2n) is 5.04. The summed E-state index contributed by atoms with van der Waals surface area (Å²) < 4.78 is 10.7. The Balaban J connectivity index is 2.36. The number of hydrogen-bond donors (Lipinski definition) is 2. The molecule has 0 aliphatic heterocycles. The largest absolute Gasteiger partial charge is 0.496 e. The van der Waals surface area contributed by atoms with Crippen LogP contribution in [0.3, 0.4) is 0 Å². The van der Waals surface area contributed by atoms with Crippen LogP contribution in [-0.2, 0) is 4.74 Å². The minimum absolute atomic E-state index is 0.120. The van der Waals surface area contributed by atoms with E-state index >= 15 is 0 Å². The highest BCUT2D eigenvalue weighted by Gasteiger charge is 2.18. The van der Waals surface area contributed by atoms with Gasteiger partial charge in [0.15, 0.2) is 0 Å². The van der Waals surface area contributed by atoms with E-state index in [1.807, 2.05) is 0 Å². The lowest BCUT2D eigenvalue weighted by molar-refractivity contribution is 0.0697. The maximum absolute atomic E-state index is 11.0. The van der Waals surface area contributed by atoms with E-state index in [0.29, 0.717) is 28.1 Å². The summed E-state index contributed by atoms with van der Waals surface area (Å²) in [6.07, 6.45) is 0. The molecule has 0 amide bonds. The molecule has 0 saturated heterocycles. The summed E-state index contributed by atoms with van der Waals surface area (Å²) in [6, 6.07) is 9.51. The highest BCUT2D eigenvalue weighted by Crippen LogP contribution is 2.33. The van der Waals surface area contributed by atoms with Crippen molar-refractivity contribution >= 4 is 34.9 Å². The van der Waals surface area contributed by atoms with E-state index in [1.54, 1.807) is 38.5 Å². The average Bonchev–Trinajstić information content (AvgIpc) is 2.55. The molecule has 0 heterocycles. The predicted octanol–water partition coefficient (Wildman–Crippen LogP) is 4.50. The summed E-state index contributed by atoms with van der Waals surface area (Å²) in [4.78, 5) is 11.0. The second kappa shape index (κ2) is 8.24. The molecule has 24 heavy (non-hydrogen) atoms. The van der Waals surface area contributed by atoms with Crippen LogP contribution in [0.1, 0.15) is 22.0 Å². The summed E-state index contributed by atoms with van der Waals surface area (Å²) in [5.74, 6) is -0.374. The van der Waals surface area contributed by atoms with Crippen molar-refractivity contribution in [1.82, 2.24) is 0 Å². The lowest BCUT2D eigenvalue weighted by atomic mass is 10.1. The van der Waals surface area contributed by atoms with E-state index in [-0.39, 0.29) is 11.6 Å². The SMILES string of the molecule is COC[C@H](Nc1ccc(C(=O)O)cc1Cl)c1cc(Cl)ccc1OC. The van der Waals surface area contributed by atoms with E-state index in [2.05, 4.69) is 5.32 Å². The number of carboxylic acid groups (broad SMARTS) is 1. The van der Waals surface area contributed by atoms with Gasteiger partial charge < -0.3 is 19.9 Å². The van der Waals surface area contributed by atoms with Gasteiger partial charge in [0.05, 0.1) is 36.0 Å². The molecule has 5 nitrogen and oxygen atoms in total. The summed E-state index contributed by atoms with van der Waals surface area (Å²) in [5, 5.41) is 13.1. The van der Waals surface area contributed by atoms with Gasteiger partial charge in [-0.15, -0.1) is 0 Å². The van der Waals surface area contributed by atoms with Crippen LogP contribution in [0, 0.1) is 0 Å². The van der Waals surface area contributed by atoms with Crippen molar-refractivity contribution in [3.63, 3.8) is 0 Å². The molecule has 0 unspecified atom stereocenters. The molecule has 0 fully saturated rings. The van der Waals surface area contributed by atoms with Gasteiger partial charge in [-0.3, -0.25) is 0 Å². The molecule has 0 radical (unpaired) electrons. The number of carboxylic acids is 1. The van der Waals surface area contributed by atoms with E-state index < -0.39 is 5.97 Å². The minimum Gasteiger partial charge on any atom is -0.496 e. The van der Waals surface area contributed by atoms with Crippen LogP contribution in [0.15, 0.2) is 36.4 Å². The fourth-order valence-electron chi connectivity index (χ4n) is 2.31. The van der Waals surface area contributed by atoms with Crippen molar-refractivity contribution in [2.45, 2.75) is 6.04 Å². The molecular weight excluding hydrogens is 353 g/mol. The lowest BCUT2D eigenvalue weighted by Gasteiger charge is -2.22. The monoisotopic (exact) mass is 369 g/mol. The first-order chi connectivity index (χ1) is 11.5. The molecule has 2 aromatic carbocycles. The molecule has 7 heteroatoms. The molecule has 2 rings (SSSR count). The van der Waals surface area contributed by atoms with Crippen molar-refractivity contribution in [2.75, 3.05) is 26.1 Å². The zero-order valence-corrected chi connectivity index (χ0v) is 14.7. The fourth-order valence-corrected chi connectivity index (χ4v) is 2.72. The topological polar surface area (TPSA) is 67.8 Å². The zero-order valence-electron chi connectivity index (χ0n) is 13.2. The Kier molecular flexibility index (Phi) is 6.31. The molecule has 0 saturated carbocycles. The van der Waals surface area contributed by atoms with Crippen molar-refractivity contribution in [2.24, 2.45) is 0 Å². The molecule has 1 atom stereocenters. The number of aromatic carboxylic acids is 1. The molecule has 0 bridgehead atoms. The Morgan fingerprint density at radius 2 is 1.96 bits per heavy atom. The number of rotatable bonds is 7. The summed E-state index contributed by atoms with van der Waals surface area (Å²) in [6.45, 7) is 0.341. The molecular formula is C17H17Cl2NO4. The maximum atomic E-state index is 11.0. The Morgan fingerprint density at radius 1 is 1.21 bits per heavy atom. The van der Waals surface area contributed by atoms with Crippen LogP contribution in [0.2, 0.25) is 10.0 Å². The number of methoxy groups -OCH3 is 2. The van der Waals surface area contributed by atoms with Crippen LogP contribution in [0.25, 0.3) is 0 Å². The van der Waals surface area contributed by atoms with Crippen LogP contribution in [0.5, 0.6) is 5.75 Å². The molecule has 2 N–H and O–H groups in total. The number of halogens is 2. The van der Waals surface area contributed by atoms with Gasteiger partial charge >= 0.3 is 5.97 Å². The smallest absolute Gasteiger partial charge is 0.335 e. The van der Waals surface area contributed by atoms with Crippen LogP contribution in [0.4, 0.5) is 5.69 Å². The second-order valence-corrected chi connectivity index (χ2v) is 5.88. The first kappa shape index (κ1) is 18.4. The van der Waals surface area contributed by atoms with Crippen LogP contribution in [-0.4, -0.2) is 31.9 Å². The maximum Gasteiger partial charge on any atom is 0.335 e. The van der Waals surface area contributed by atoms with E-state index in [4.69, 9.17) is 37.8 Å². The quantitative estimate of drug-likeness (QED) is 0.751. The van der Waals surface area contributed by atoms with Crippen molar-refractivity contribution in [3.05, 3.63) is 57.6 Å². The molecule has 128 valence electrons. The van der Waals surface area contributed by atoms with Crippen molar-refractivity contribution in [3.8, 4) is 5.75 Å². The third kappa shape index (κ3) is 4.32. The van der Waals surface area contributed by atoms with E-state index in [1.165, 1.54) is 12.1 Å². The predicted molar refractivity (Wildman–Crippen MR) is 94.7 cm³/mol. The number of hydrogen-bond acceptors (Lipinski definition) is 4. The van der Waals surface area contributed by atoms with Crippen molar-refractivity contribution < 1.29 is 19.4 Å². The molecule has 2 aromatic rings. The van der Waals surface area contributed by atoms with E-state index in [0.717, 1.165) is 5.56 Å². The Morgan fingerprint density at radius 3 is 2.54 bits per heavy atom. The van der Waals surface area contributed by atoms with Gasteiger partial charge in [-0.2, -0.15) is 0 Å². The number of benzene rings is 2. The van der Waals surface area contributed by atoms with Gasteiger partial charge in [-0.1, -0.05) is 23.2 Å². The molecule has 0 aliphatic carbocycles. The first-order valence-electron chi connectivity index (χ1n) is 7.08. The van der Waals surface area contributed by atoms with Crippen molar-refractivity contribution in [1.29, 1.82) is 0 Å². The molecule has 0 aliphatic rings. The number of anilines is 1. The van der Waals surface area contributed by atoms with E-state index in [9.17, 15) is 4.79 Å². The van der Waals surface area contributed by atoms with Gasteiger partial charge in [0.1, 0.15) is 5.75 Å². The average molecular weight is 370 g/mol. The minimum atomic E-state index is -1.03. The zero-order chi connectivity index (χ0) is 17.7. The molecule has 0 spiro atoms. The first-order valence-corrected chi connectivity index (χ1v) is 7.83. The van der Waals surface area contributed by atoms with Gasteiger partial charge in [0.2, 0.25) is 0 Å². The Labute approximate surface area is 150 Å². The van der Waals surface area contributed by atoms with Gasteiger partial charge in [-0.25, -0.2) is 4.79 Å². The molecule has 0 aromatic heterocycles. The van der Waals surface area contributed by atoms with Gasteiger partial charge in [0, 0.05) is 17.7 Å². The third-order valence-corrected chi connectivity index (χ3v) is 3.99. The number of ether oxygens (including phenoxy) is 2. The highest BCUT2D eigenvalue weighted by molar-refractivity contribution is 6.33. The third-order valence-electron chi connectivity index (χ3n) is 3.45. The summed E-state index contributed by atoms with van der Waals surface area (Å²) >= 11 is 12.3.